The Morgan fingerprint density at radius 1 is 1.43 bits per heavy atom. The number of carbonyl (C=O) groups is 2. The van der Waals surface area contributed by atoms with Crippen LogP contribution in [0, 0.1) is 11.6 Å². The number of carbonyl (C=O) groups excluding carboxylic acids is 1. The van der Waals surface area contributed by atoms with Gasteiger partial charge in [-0.05, 0) is 24.3 Å². The van der Waals surface area contributed by atoms with Crippen LogP contribution in [-0.4, -0.2) is 39.8 Å². The number of carboxylic acid groups (broad SMARTS) is 1. The first-order valence-electron chi connectivity index (χ1n) is 6.13. The Hall–Kier alpha value is -1.28. The van der Waals surface area contributed by atoms with Crippen molar-refractivity contribution >= 4 is 35.4 Å². The second-order valence-corrected chi connectivity index (χ2v) is 6.72. The molecule has 1 heterocycles. The van der Waals surface area contributed by atoms with Crippen LogP contribution in [0.25, 0.3) is 0 Å². The summed E-state index contributed by atoms with van der Waals surface area (Å²) in [6.45, 7) is 0. The molecule has 0 saturated carbocycles. The molecule has 0 aromatic heterocycles. The lowest BCUT2D eigenvalue weighted by Gasteiger charge is -2.24. The lowest BCUT2D eigenvalue weighted by Crippen LogP contribution is -2.55. The third-order valence-electron chi connectivity index (χ3n) is 3.06. The van der Waals surface area contributed by atoms with Gasteiger partial charge in [0, 0.05) is 16.7 Å². The van der Waals surface area contributed by atoms with Crippen LogP contribution in [0.3, 0.4) is 0 Å². The molecule has 2 N–H and O–H groups in total. The minimum atomic E-state index is -1.23. The quantitative estimate of drug-likeness (QED) is 0.808. The second-order valence-electron chi connectivity index (χ2n) is 4.60. The zero-order valence-electron chi connectivity index (χ0n) is 10.9. The highest BCUT2D eigenvalue weighted by molar-refractivity contribution is 8.00. The Labute approximate surface area is 128 Å². The van der Waals surface area contributed by atoms with E-state index in [0.717, 1.165) is 23.9 Å². The Balaban J connectivity index is 1.94. The van der Waals surface area contributed by atoms with Crippen LogP contribution in [0.2, 0.25) is 0 Å². The summed E-state index contributed by atoms with van der Waals surface area (Å²) >= 11 is 2.37. The first-order chi connectivity index (χ1) is 9.93. The molecule has 4 nitrogen and oxygen atoms in total. The molecule has 1 amide bonds. The Morgan fingerprint density at radius 2 is 2.19 bits per heavy atom. The van der Waals surface area contributed by atoms with Crippen LogP contribution in [0.15, 0.2) is 23.1 Å². The standard InChI is InChI=1S/C13H13F2NO3S2/c14-8-1-2-10(9(15)5-8)21-6-11(17)16-13(12(18)19)3-4-20-7-13/h1-2,5H,3-4,6-7H2,(H,16,17)(H,18,19). The lowest BCUT2D eigenvalue weighted by atomic mass is 9.99. The van der Waals surface area contributed by atoms with Gasteiger partial charge in [0.1, 0.15) is 17.2 Å². The first-order valence-corrected chi connectivity index (χ1v) is 8.27. The Bertz CT molecular complexity index is 562. The van der Waals surface area contributed by atoms with E-state index in [2.05, 4.69) is 5.32 Å². The number of benzene rings is 1. The molecule has 0 aliphatic carbocycles. The molecule has 1 unspecified atom stereocenters. The van der Waals surface area contributed by atoms with Crippen LogP contribution in [0.5, 0.6) is 0 Å². The summed E-state index contributed by atoms with van der Waals surface area (Å²) in [5.41, 5.74) is -1.23. The number of amides is 1. The summed E-state index contributed by atoms with van der Waals surface area (Å²) in [7, 11) is 0. The van der Waals surface area contributed by atoms with E-state index in [0.29, 0.717) is 17.9 Å². The van der Waals surface area contributed by atoms with Crippen LogP contribution in [0.4, 0.5) is 8.78 Å². The van der Waals surface area contributed by atoms with Crippen LogP contribution in [0.1, 0.15) is 6.42 Å². The maximum absolute atomic E-state index is 13.4. The number of rotatable bonds is 5. The van der Waals surface area contributed by atoms with Gasteiger partial charge in [-0.3, -0.25) is 4.79 Å². The summed E-state index contributed by atoms with van der Waals surface area (Å²) in [5.74, 6) is -2.09. The number of thioether (sulfide) groups is 2. The predicted octanol–water partition coefficient (Wildman–Crippen LogP) is 2.13. The van der Waals surface area contributed by atoms with Crippen molar-refractivity contribution in [2.75, 3.05) is 17.3 Å². The zero-order chi connectivity index (χ0) is 15.5. The van der Waals surface area contributed by atoms with Crippen molar-refractivity contribution in [1.82, 2.24) is 5.32 Å². The van der Waals surface area contributed by atoms with Gasteiger partial charge in [-0.25, -0.2) is 13.6 Å². The molecule has 1 atom stereocenters. The molecule has 2 rings (SSSR count). The van der Waals surface area contributed by atoms with Gasteiger partial charge in [-0.2, -0.15) is 11.8 Å². The van der Waals surface area contributed by atoms with E-state index in [4.69, 9.17) is 0 Å². The van der Waals surface area contributed by atoms with E-state index >= 15 is 0 Å². The molecule has 8 heteroatoms. The van der Waals surface area contributed by atoms with Gasteiger partial charge in [-0.1, -0.05) is 0 Å². The third kappa shape index (κ3) is 3.88. The molecule has 1 aliphatic rings. The molecular weight excluding hydrogens is 320 g/mol. The summed E-state index contributed by atoms with van der Waals surface area (Å²) in [6, 6.07) is 3.10. The van der Waals surface area contributed by atoms with E-state index in [9.17, 15) is 23.5 Å². The summed E-state index contributed by atoms with van der Waals surface area (Å²) in [5, 5.41) is 11.8. The molecule has 1 saturated heterocycles. The first kappa shape index (κ1) is 16.1. The molecule has 1 fully saturated rings. The molecule has 1 aliphatic heterocycles. The minimum Gasteiger partial charge on any atom is -0.479 e. The fourth-order valence-corrected chi connectivity index (χ4v) is 3.97. The van der Waals surface area contributed by atoms with Gasteiger partial charge < -0.3 is 10.4 Å². The van der Waals surface area contributed by atoms with Gasteiger partial charge in [0.2, 0.25) is 5.91 Å². The Kier molecular flexibility index (Phi) is 5.10. The number of aliphatic carboxylic acids is 1. The van der Waals surface area contributed by atoms with Gasteiger partial charge in [-0.15, -0.1) is 11.8 Å². The normalized spacial score (nSPS) is 21.2. The highest BCUT2D eigenvalue weighted by Crippen LogP contribution is 2.29. The maximum Gasteiger partial charge on any atom is 0.330 e. The van der Waals surface area contributed by atoms with Crippen molar-refractivity contribution in [2.45, 2.75) is 16.9 Å². The third-order valence-corrected chi connectivity index (χ3v) is 5.30. The number of hydrogen-bond donors (Lipinski definition) is 2. The molecule has 0 radical (unpaired) electrons. The second kappa shape index (κ2) is 6.65. The summed E-state index contributed by atoms with van der Waals surface area (Å²) in [6.07, 6.45) is 0.369. The number of carboxylic acids is 1. The van der Waals surface area contributed by atoms with E-state index in [-0.39, 0.29) is 10.6 Å². The van der Waals surface area contributed by atoms with E-state index < -0.39 is 29.0 Å². The average molecular weight is 333 g/mol. The average Bonchev–Trinajstić information content (AvgIpc) is 2.87. The van der Waals surface area contributed by atoms with Gasteiger partial charge in [0.25, 0.3) is 0 Å². The molecule has 0 bridgehead atoms. The van der Waals surface area contributed by atoms with E-state index in [1.165, 1.54) is 17.8 Å². The molecule has 1 aromatic rings. The highest BCUT2D eigenvalue weighted by Gasteiger charge is 2.43. The highest BCUT2D eigenvalue weighted by atomic mass is 32.2. The predicted molar refractivity (Wildman–Crippen MR) is 77.5 cm³/mol. The minimum absolute atomic E-state index is 0.123. The fourth-order valence-electron chi connectivity index (χ4n) is 1.92. The molecule has 0 spiro atoms. The summed E-state index contributed by atoms with van der Waals surface area (Å²) < 4.78 is 26.2. The van der Waals surface area contributed by atoms with Crippen molar-refractivity contribution < 1.29 is 23.5 Å². The maximum atomic E-state index is 13.4. The van der Waals surface area contributed by atoms with Crippen molar-refractivity contribution in [2.24, 2.45) is 0 Å². The van der Waals surface area contributed by atoms with Gasteiger partial charge in [0.05, 0.1) is 5.75 Å². The molecular formula is C13H13F2NO3S2. The number of nitrogens with one attached hydrogen (secondary N) is 1. The number of halogens is 2. The Morgan fingerprint density at radius 3 is 2.76 bits per heavy atom. The van der Waals surface area contributed by atoms with E-state index in [1.54, 1.807) is 0 Å². The largest absolute Gasteiger partial charge is 0.479 e. The fraction of sp³-hybridized carbons (Fsp3) is 0.385. The lowest BCUT2D eigenvalue weighted by molar-refractivity contribution is -0.146. The van der Waals surface area contributed by atoms with Crippen molar-refractivity contribution in [1.29, 1.82) is 0 Å². The summed E-state index contributed by atoms with van der Waals surface area (Å²) in [4.78, 5) is 23.3. The molecule has 21 heavy (non-hydrogen) atoms. The smallest absolute Gasteiger partial charge is 0.330 e. The van der Waals surface area contributed by atoms with Crippen molar-refractivity contribution in [3.8, 4) is 0 Å². The van der Waals surface area contributed by atoms with E-state index in [1.807, 2.05) is 0 Å². The SMILES string of the molecule is O=C(CSc1ccc(F)cc1F)NC1(C(=O)O)CCSC1. The van der Waals surface area contributed by atoms with Crippen molar-refractivity contribution in [3.63, 3.8) is 0 Å². The van der Waals surface area contributed by atoms with Crippen LogP contribution >= 0.6 is 23.5 Å². The monoisotopic (exact) mass is 333 g/mol. The van der Waals surface area contributed by atoms with Crippen LogP contribution in [-0.2, 0) is 9.59 Å². The van der Waals surface area contributed by atoms with Crippen molar-refractivity contribution in [3.05, 3.63) is 29.8 Å². The zero-order valence-corrected chi connectivity index (χ0v) is 12.5. The van der Waals surface area contributed by atoms with Gasteiger partial charge >= 0.3 is 5.97 Å². The molecule has 1 aromatic carbocycles. The number of hydrogen-bond acceptors (Lipinski definition) is 4. The topological polar surface area (TPSA) is 66.4 Å². The van der Waals surface area contributed by atoms with Crippen LogP contribution < -0.4 is 5.32 Å². The van der Waals surface area contributed by atoms with Gasteiger partial charge in [0.15, 0.2) is 0 Å². The molecule has 114 valence electrons.